The summed E-state index contributed by atoms with van der Waals surface area (Å²) in [6.45, 7) is 2.94. The van der Waals surface area contributed by atoms with Gasteiger partial charge in [0.15, 0.2) is 0 Å². The molecule has 0 spiro atoms. The van der Waals surface area contributed by atoms with Crippen molar-refractivity contribution in [2.24, 2.45) is 0 Å². The number of carbonyl (C=O) groups is 1. The molecule has 1 heterocycles. The third-order valence-electron chi connectivity index (χ3n) is 2.67. The lowest BCUT2D eigenvalue weighted by Gasteiger charge is -2.35. The van der Waals surface area contributed by atoms with Gasteiger partial charge >= 0.3 is 0 Å². The molecule has 2 atom stereocenters. The fourth-order valence-corrected chi connectivity index (χ4v) is 2.41. The van der Waals surface area contributed by atoms with E-state index in [9.17, 15) is 4.79 Å². The van der Waals surface area contributed by atoms with Crippen molar-refractivity contribution in [1.29, 1.82) is 0 Å². The number of carbonyl (C=O) groups excluding carboxylic acids is 1. The van der Waals surface area contributed by atoms with Crippen LogP contribution in [0.3, 0.4) is 0 Å². The Morgan fingerprint density at radius 1 is 1.79 bits per heavy atom. The summed E-state index contributed by atoms with van der Waals surface area (Å²) in [7, 11) is 0. The van der Waals surface area contributed by atoms with Crippen molar-refractivity contribution in [3.63, 3.8) is 0 Å². The Hall–Kier alpha value is -0.490. The largest absolute Gasteiger partial charge is 0.338 e. The quantitative estimate of drug-likeness (QED) is 0.561. The van der Waals surface area contributed by atoms with Gasteiger partial charge in [0.2, 0.25) is 5.91 Å². The minimum absolute atomic E-state index is 0.00285. The van der Waals surface area contributed by atoms with Gasteiger partial charge in [-0.25, -0.2) is 0 Å². The zero-order chi connectivity index (χ0) is 10.6. The fourth-order valence-electron chi connectivity index (χ4n) is 1.83. The summed E-state index contributed by atoms with van der Waals surface area (Å²) in [5, 5.41) is 0. The van der Waals surface area contributed by atoms with E-state index in [2.05, 4.69) is 28.8 Å². The SMILES string of the molecule is C#CCC(CC)N1CCCC(Br)C1=O. The first-order valence-electron chi connectivity index (χ1n) is 5.08. The molecule has 1 aliphatic heterocycles. The lowest BCUT2D eigenvalue weighted by Crippen LogP contribution is -2.47. The second kappa shape index (κ2) is 5.41. The molecule has 1 aliphatic rings. The number of likely N-dealkylation sites (tertiary alicyclic amines) is 1. The molecule has 0 N–H and O–H groups in total. The molecular weight excluding hydrogens is 242 g/mol. The molecule has 1 fully saturated rings. The maximum Gasteiger partial charge on any atom is 0.236 e. The number of rotatable bonds is 3. The van der Waals surface area contributed by atoms with Crippen molar-refractivity contribution < 1.29 is 4.79 Å². The van der Waals surface area contributed by atoms with Gasteiger partial charge in [-0.15, -0.1) is 12.3 Å². The highest BCUT2D eigenvalue weighted by atomic mass is 79.9. The molecule has 0 radical (unpaired) electrons. The van der Waals surface area contributed by atoms with Crippen LogP contribution >= 0.6 is 15.9 Å². The Morgan fingerprint density at radius 2 is 2.50 bits per heavy atom. The number of halogens is 1. The van der Waals surface area contributed by atoms with Crippen molar-refractivity contribution in [1.82, 2.24) is 4.90 Å². The van der Waals surface area contributed by atoms with Crippen LogP contribution < -0.4 is 0 Å². The van der Waals surface area contributed by atoms with Crippen LogP contribution in [-0.2, 0) is 4.79 Å². The van der Waals surface area contributed by atoms with Gasteiger partial charge in [0.25, 0.3) is 0 Å². The van der Waals surface area contributed by atoms with E-state index < -0.39 is 0 Å². The Kier molecular flexibility index (Phi) is 4.47. The predicted octanol–water partition coefficient (Wildman–Crippen LogP) is 2.17. The summed E-state index contributed by atoms with van der Waals surface area (Å²) in [5.74, 6) is 2.85. The minimum atomic E-state index is 0.00285. The second-order valence-electron chi connectivity index (χ2n) is 3.61. The number of hydrogen-bond donors (Lipinski definition) is 0. The Balaban J connectivity index is 2.64. The highest BCUT2D eigenvalue weighted by Crippen LogP contribution is 2.22. The van der Waals surface area contributed by atoms with Gasteiger partial charge in [-0.2, -0.15) is 0 Å². The van der Waals surface area contributed by atoms with Crippen LogP contribution in [0, 0.1) is 12.3 Å². The van der Waals surface area contributed by atoms with Gasteiger partial charge in [0.1, 0.15) is 0 Å². The summed E-state index contributed by atoms with van der Waals surface area (Å²) in [6.07, 6.45) is 8.92. The average Bonchev–Trinajstić information content (AvgIpc) is 2.19. The first-order valence-corrected chi connectivity index (χ1v) is 6.00. The summed E-state index contributed by atoms with van der Waals surface area (Å²) in [4.78, 5) is 13.7. The van der Waals surface area contributed by atoms with Crippen LogP contribution in [0.2, 0.25) is 0 Å². The monoisotopic (exact) mass is 257 g/mol. The number of nitrogens with zero attached hydrogens (tertiary/aromatic N) is 1. The fraction of sp³-hybridized carbons (Fsp3) is 0.727. The van der Waals surface area contributed by atoms with E-state index in [1.807, 2.05) is 4.90 Å². The van der Waals surface area contributed by atoms with E-state index in [1.54, 1.807) is 0 Å². The average molecular weight is 258 g/mol. The number of alkyl halides is 1. The smallest absolute Gasteiger partial charge is 0.236 e. The maximum absolute atomic E-state index is 11.8. The molecule has 78 valence electrons. The molecule has 0 saturated carbocycles. The molecule has 1 saturated heterocycles. The number of hydrogen-bond acceptors (Lipinski definition) is 1. The molecule has 1 rings (SSSR count). The van der Waals surface area contributed by atoms with Crippen LogP contribution in [0.4, 0.5) is 0 Å². The molecule has 1 amide bonds. The molecular formula is C11H16BrNO. The minimum Gasteiger partial charge on any atom is -0.338 e. The standard InChI is InChI=1S/C11H16BrNO/c1-3-6-9(4-2)13-8-5-7-10(12)11(13)14/h1,9-10H,4-8H2,2H3. The van der Waals surface area contributed by atoms with Gasteiger partial charge in [-0.1, -0.05) is 22.9 Å². The van der Waals surface area contributed by atoms with E-state index in [4.69, 9.17) is 6.42 Å². The van der Waals surface area contributed by atoms with Gasteiger partial charge in [0.05, 0.1) is 4.83 Å². The number of amides is 1. The highest BCUT2D eigenvalue weighted by Gasteiger charge is 2.30. The zero-order valence-corrected chi connectivity index (χ0v) is 10.1. The zero-order valence-electron chi connectivity index (χ0n) is 8.50. The number of piperidine rings is 1. The van der Waals surface area contributed by atoms with Gasteiger partial charge in [-0.3, -0.25) is 4.79 Å². The van der Waals surface area contributed by atoms with Gasteiger partial charge in [0, 0.05) is 19.0 Å². The lowest BCUT2D eigenvalue weighted by molar-refractivity contribution is -0.134. The van der Waals surface area contributed by atoms with E-state index in [-0.39, 0.29) is 16.8 Å². The van der Waals surface area contributed by atoms with Crippen LogP contribution in [0.15, 0.2) is 0 Å². The Bertz CT molecular complexity index is 246. The topological polar surface area (TPSA) is 20.3 Å². The van der Waals surface area contributed by atoms with Crippen molar-refractivity contribution in [2.45, 2.75) is 43.5 Å². The first kappa shape index (κ1) is 11.6. The molecule has 0 bridgehead atoms. The van der Waals surface area contributed by atoms with E-state index in [0.717, 1.165) is 25.8 Å². The molecule has 0 aromatic heterocycles. The van der Waals surface area contributed by atoms with Crippen LogP contribution in [0.25, 0.3) is 0 Å². The number of terminal acetylenes is 1. The molecule has 2 nitrogen and oxygen atoms in total. The highest BCUT2D eigenvalue weighted by molar-refractivity contribution is 9.10. The molecule has 14 heavy (non-hydrogen) atoms. The maximum atomic E-state index is 11.8. The summed E-state index contributed by atoms with van der Waals surface area (Å²) in [5.41, 5.74) is 0. The van der Waals surface area contributed by atoms with Crippen molar-refractivity contribution in [3.8, 4) is 12.3 Å². The van der Waals surface area contributed by atoms with E-state index in [1.165, 1.54) is 0 Å². The normalized spacial score (nSPS) is 24.5. The Labute approximate surface area is 94.2 Å². The van der Waals surface area contributed by atoms with Gasteiger partial charge in [-0.05, 0) is 19.3 Å². The first-order chi connectivity index (χ1) is 6.70. The molecule has 2 unspecified atom stereocenters. The molecule has 0 aromatic carbocycles. The lowest BCUT2D eigenvalue weighted by atomic mass is 10.0. The van der Waals surface area contributed by atoms with E-state index >= 15 is 0 Å². The predicted molar refractivity (Wildman–Crippen MR) is 61.2 cm³/mol. The molecule has 3 heteroatoms. The summed E-state index contributed by atoms with van der Waals surface area (Å²) < 4.78 is 0. The Morgan fingerprint density at radius 3 is 3.07 bits per heavy atom. The van der Waals surface area contributed by atoms with E-state index in [0.29, 0.717) is 6.42 Å². The second-order valence-corrected chi connectivity index (χ2v) is 4.72. The van der Waals surface area contributed by atoms with Gasteiger partial charge < -0.3 is 4.90 Å². The van der Waals surface area contributed by atoms with Crippen LogP contribution in [0.5, 0.6) is 0 Å². The van der Waals surface area contributed by atoms with Crippen LogP contribution in [-0.4, -0.2) is 28.2 Å². The molecule has 0 aliphatic carbocycles. The third-order valence-corrected chi connectivity index (χ3v) is 3.52. The van der Waals surface area contributed by atoms with Crippen molar-refractivity contribution in [3.05, 3.63) is 0 Å². The third kappa shape index (κ3) is 2.51. The molecule has 0 aromatic rings. The summed E-state index contributed by atoms with van der Waals surface area (Å²) in [6, 6.07) is 0.229. The van der Waals surface area contributed by atoms with Crippen molar-refractivity contribution in [2.75, 3.05) is 6.54 Å². The van der Waals surface area contributed by atoms with Crippen molar-refractivity contribution >= 4 is 21.8 Å². The van der Waals surface area contributed by atoms with Crippen LogP contribution in [0.1, 0.15) is 32.6 Å². The summed E-state index contributed by atoms with van der Waals surface area (Å²) >= 11 is 3.40.